The molecule has 2 heterocycles. The van der Waals surface area contributed by atoms with Crippen LogP contribution in [-0.2, 0) is 49.0 Å². The molecule has 2 atom stereocenters. The van der Waals surface area contributed by atoms with Crippen molar-refractivity contribution in [2.45, 2.75) is 167 Å². The molecule has 0 saturated heterocycles. The van der Waals surface area contributed by atoms with E-state index in [1.807, 2.05) is 110 Å². The summed E-state index contributed by atoms with van der Waals surface area (Å²) in [4.78, 5) is 63.9. The topological polar surface area (TPSA) is 163 Å². The van der Waals surface area contributed by atoms with Gasteiger partial charge in [0, 0.05) is 41.5 Å². The van der Waals surface area contributed by atoms with Gasteiger partial charge < -0.3 is 29.0 Å². The number of para-hydroxylation sites is 2. The number of carbonyl (C=O) groups excluding carboxylic acids is 4. The molecule has 0 aliphatic rings. The molecular formula is C49H70N2O10. The van der Waals surface area contributed by atoms with Gasteiger partial charge in [0.2, 0.25) is 0 Å². The number of hydrogen-bond acceptors (Lipinski definition) is 9. The lowest BCUT2D eigenvalue weighted by Crippen LogP contribution is -2.33. The number of carbonyl (C=O) groups is 5. The largest absolute Gasteiger partial charge is 0.481 e. The zero-order valence-corrected chi connectivity index (χ0v) is 38.2. The molecule has 4 rings (SSSR count). The number of ether oxygens (including phenoxy) is 4. The first-order chi connectivity index (χ1) is 28.7. The number of esters is 3. The monoisotopic (exact) mass is 847 g/mol. The highest BCUT2D eigenvalue weighted by atomic mass is 16.6. The fourth-order valence-electron chi connectivity index (χ4n) is 7.67. The lowest BCUT2D eigenvalue weighted by Gasteiger charge is -2.26. The molecule has 0 aliphatic carbocycles. The highest BCUT2D eigenvalue weighted by molar-refractivity contribution is 5.97. The summed E-state index contributed by atoms with van der Waals surface area (Å²) >= 11 is 0. The van der Waals surface area contributed by atoms with E-state index in [1.54, 1.807) is 6.20 Å². The first-order valence-corrected chi connectivity index (χ1v) is 21.7. The van der Waals surface area contributed by atoms with Crippen LogP contribution in [0, 0.1) is 0 Å². The number of carboxylic acid groups (broad SMARTS) is 1. The number of nitrogens with zero attached hydrogens (tertiary/aromatic N) is 1. The van der Waals surface area contributed by atoms with E-state index >= 15 is 0 Å². The smallest absolute Gasteiger partial charge is 0.418 e. The van der Waals surface area contributed by atoms with E-state index in [9.17, 15) is 29.1 Å². The van der Waals surface area contributed by atoms with Crippen molar-refractivity contribution in [2.75, 3.05) is 14.2 Å². The Morgan fingerprint density at radius 3 is 1.57 bits per heavy atom. The molecule has 12 heteroatoms. The van der Waals surface area contributed by atoms with Gasteiger partial charge in [0.1, 0.15) is 11.2 Å². The molecule has 0 saturated carbocycles. The minimum absolute atomic E-state index is 0.148. The van der Waals surface area contributed by atoms with E-state index in [4.69, 9.17) is 18.9 Å². The van der Waals surface area contributed by atoms with Crippen molar-refractivity contribution in [3.63, 3.8) is 0 Å². The number of aliphatic carboxylic acids is 1. The summed E-state index contributed by atoms with van der Waals surface area (Å²) in [5.41, 5.74) is 0.567. The van der Waals surface area contributed by atoms with Crippen LogP contribution >= 0.6 is 0 Å². The highest BCUT2D eigenvalue weighted by Gasteiger charge is 2.39. The Labute approximate surface area is 362 Å². The molecule has 0 aliphatic heterocycles. The van der Waals surface area contributed by atoms with E-state index in [0.29, 0.717) is 31.2 Å². The van der Waals surface area contributed by atoms with Gasteiger partial charge in [-0.2, -0.15) is 0 Å². The third kappa shape index (κ3) is 14.8. The van der Waals surface area contributed by atoms with Crippen molar-refractivity contribution < 1.29 is 48.0 Å². The van der Waals surface area contributed by atoms with Crippen molar-refractivity contribution in [1.82, 2.24) is 9.55 Å². The highest BCUT2D eigenvalue weighted by Crippen LogP contribution is 2.38. The number of aromatic amines is 1. The van der Waals surface area contributed by atoms with Crippen molar-refractivity contribution in [1.29, 1.82) is 0 Å². The van der Waals surface area contributed by atoms with Gasteiger partial charge in [-0.15, -0.1) is 0 Å². The second-order valence-corrected chi connectivity index (χ2v) is 18.3. The molecule has 0 amide bonds. The number of fused-ring (bicyclic) bond motifs is 2. The van der Waals surface area contributed by atoms with Crippen LogP contribution in [0.1, 0.15) is 156 Å². The van der Waals surface area contributed by atoms with Crippen molar-refractivity contribution in [2.24, 2.45) is 0 Å². The van der Waals surface area contributed by atoms with Gasteiger partial charge in [0.25, 0.3) is 0 Å². The van der Waals surface area contributed by atoms with E-state index in [-0.39, 0.29) is 17.9 Å². The predicted octanol–water partition coefficient (Wildman–Crippen LogP) is 11.3. The standard InChI is InChI=1S/C26H37NO6.C23H33NO4/c1-25(2,3)33-22(28)16-10-8-7-9-13-17-26(4,23(29)31-5)20-18-27(24(30)32-6)21-15-12-11-14-19(20)21;1-22(2,3)28-20(25)14-8-6-5-7-11-15-23(4,21(26)27)18-16-24-19-13-10-9-12-17(18)19/h11-12,14-15,18H,7-10,13,16-17H2,1-6H3;9-10,12-13,16,24H,5-8,11,14-15H2,1-4H3,(H,26,27). The molecule has 61 heavy (non-hydrogen) atoms. The summed E-state index contributed by atoms with van der Waals surface area (Å²) in [7, 11) is 2.72. The minimum Gasteiger partial charge on any atom is -0.481 e. The van der Waals surface area contributed by atoms with Crippen molar-refractivity contribution in [3.05, 3.63) is 72.1 Å². The number of benzene rings is 2. The number of nitrogens with one attached hydrogen (secondary N) is 1. The molecule has 4 aromatic rings. The third-order valence-electron chi connectivity index (χ3n) is 10.9. The molecule has 2 aromatic carbocycles. The Morgan fingerprint density at radius 2 is 1.07 bits per heavy atom. The van der Waals surface area contributed by atoms with Crippen molar-refractivity contribution in [3.8, 4) is 0 Å². The van der Waals surface area contributed by atoms with Gasteiger partial charge >= 0.3 is 30.0 Å². The quantitative estimate of drug-likeness (QED) is 0.0497. The Balaban J connectivity index is 0.000000330. The zero-order valence-electron chi connectivity index (χ0n) is 38.2. The van der Waals surface area contributed by atoms with Crippen LogP contribution in [-0.4, -0.2) is 70.0 Å². The van der Waals surface area contributed by atoms with E-state index in [2.05, 4.69) is 4.98 Å². The lowest BCUT2D eigenvalue weighted by atomic mass is 9.78. The Hall–Kier alpha value is -5.13. The number of aromatic nitrogens is 2. The number of unbranched alkanes of at least 4 members (excludes halogenated alkanes) is 8. The second-order valence-electron chi connectivity index (χ2n) is 18.3. The average Bonchev–Trinajstić information content (AvgIpc) is 3.81. The molecule has 0 radical (unpaired) electrons. The SMILES string of the molecule is CC(C)(C)OC(=O)CCCCCCCC(C)(C(=O)O)c1c[nH]c2ccccc12.COC(=O)n1cc(C(C)(CCCCCCCC(=O)OC(C)(C)C)C(=O)OC)c2ccccc21. The third-order valence-corrected chi connectivity index (χ3v) is 10.9. The maximum atomic E-state index is 12.9. The van der Waals surface area contributed by atoms with Crippen LogP contribution in [0.15, 0.2) is 60.9 Å². The molecule has 336 valence electrons. The number of rotatable bonds is 20. The number of hydrogen-bond donors (Lipinski definition) is 2. The Morgan fingerprint density at radius 1 is 0.590 bits per heavy atom. The molecule has 12 nitrogen and oxygen atoms in total. The molecule has 2 unspecified atom stereocenters. The average molecular weight is 847 g/mol. The zero-order chi connectivity index (χ0) is 45.4. The molecule has 0 fully saturated rings. The molecule has 2 N–H and O–H groups in total. The van der Waals surface area contributed by atoms with Crippen LogP contribution in [0.5, 0.6) is 0 Å². The van der Waals surface area contributed by atoms with Crippen LogP contribution < -0.4 is 0 Å². The molecule has 0 bridgehead atoms. The fraction of sp³-hybridized carbons (Fsp3) is 0.571. The lowest BCUT2D eigenvalue weighted by molar-refractivity contribution is -0.156. The van der Waals surface area contributed by atoms with Crippen LogP contribution in [0.2, 0.25) is 0 Å². The number of methoxy groups -OCH3 is 2. The minimum atomic E-state index is -0.907. The Bertz CT molecular complexity index is 2070. The molecular weight excluding hydrogens is 777 g/mol. The van der Waals surface area contributed by atoms with Gasteiger partial charge in [-0.05, 0) is 104 Å². The Kier molecular flexibility index (Phi) is 18.6. The predicted molar refractivity (Wildman–Crippen MR) is 239 cm³/mol. The number of carboxylic acids is 1. The van der Waals surface area contributed by atoms with Gasteiger partial charge in [-0.1, -0.05) is 87.8 Å². The van der Waals surface area contributed by atoms with Crippen LogP contribution in [0.25, 0.3) is 21.8 Å². The maximum absolute atomic E-state index is 12.9. The first-order valence-electron chi connectivity index (χ1n) is 21.7. The molecule has 2 aromatic heterocycles. The van der Waals surface area contributed by atoms with Gasteiger partial charge in [0.15, 0.2) is 0 Å². The van der Waals surface area contributed by atoms with E-state index < -0.39 is 34.1 Å². The normalized spacial score (nSPS) is 13.7. The fourth-order valence-corrected chi connectivity index (χ4v) is 7.67. The molecule has 0 spiro atoms. The maximum Gasteiger partial charge on any atom is 0.418 e. The summed E-state index contributed by atoms with van der Waals surface area (Å²) < 4.78 is 22.1. The summed E-state index contributed by atoms with van der Waals surface area (Å²) in [6.07, 6.45) is 14.0. The summed E-state index contributed by atoms with van der Waals surface area (Å²) in [6, 6.07) is 15.3. The van der Waals surface area contributed by atoms with Crippen LogP contribution in [0.3, 0.4) is 0 Å². The van der Waals surface area contributed by atoms with Gasteiger partial charge in [-0.3, -0.25) is 23.7 Å². The van der Waals surface area contributed by atoms with Gasteiger partial charge in [-0.25, -0.2) is 4.79 Å². The summed E-state index contributed by atoms with van der Waals surface area (Å²) in [5.74, 6) is -1.43. The second kappa shape index (κ2) is 22.6. The van der Waals surface area contributed by atoms with E-state index in [1.165, 1.54) is 18.8 Å². The first kappa shape index (κ1) is 50.2. The summed E-state index contributed by atoms with van der Waals surface area (Å²) in [6.45, 7) is 14.9. The van der Waals surface area contributed by atoms with Crippen LogP contribution in [0.4, 0.5) is 4.79 Å². The van der Waals surface area contributed by atoms with Gasteiger partial charge in [0.05, 0.1) is 30.6 Å². The van der Waals surface area contributed by atoms with Crippen molar-refractivity contribution >= 4 is 51.8 Å². The summed E-state index contributed by atoms with van der Waals surface area (Å²) in [5, 5.41) is 11.7. The van der Waals surface area contributed by atoms with E-state index in [0.717, 1.165) is 91.6 Å². The number of H-pyrrole nitrogens is 1.